The molecule has 1 aliphatic heterocycles. The van der Waals surface area contributed by atoms with Gasteiger partial charge in [0.15, 0.2) is 6.23 Å². The molecule has 1 saturated heterocycles. The molecule has 4 atom stereocenters. The first-order valence-electron chi connectivity index (χ1n) is 8.42. The molecule has 0 radical (unpaired) electrons. The Kier molecular flexibility index (Phi) is 5.38. The third-order valence-electron chi connectivity index (χ3n) is 4.63. The van der Waals surface area contributed by atoms with E-state index in [1.54, 1.807) is 0 Å². The van der Waals surface area contributed by atoms with Crippen LogP contribution in [0.4, 0.5) is 0 Å². The zero-order valence-electron chi connectivity index (χ0n) is 14.4. The molecule has 1 aliphatic rings. The van der Waals surface area contributed by atoms with Crippen LogP contribution >= 0.6 is 0 Å². The lowest BCUT2D eigenvalue weighted by atomic mass is 10.1. The Morgan fingerprint density at radius 1 is 1.08 bits per heavy atom. The largest absolute Gasteiger partial charge is 0.394 e. The van der Waals surface area contributed by atoms with Gasteiger partial charge in [0.05, 0.1) is 6.61 Å². The van der Waals surface area contributed by atoms with Gasteiger partial charge in [-0.3, -0.25) is 13.9 Å². The smallest absolute Gasteiger partial charge is 0.333 e. The molecule has 0 amide bonds. The van der Waals surface area contributed by atoms with Crippen LogP contribution in [0.2, 0.25) is 0 Å². The van der Waals surface area contributed by atoms with Crippen LogP contribution in [0.1, 0.15) is 17.4 Å². The normalized spacial score (nSPS) is 25.5. The van der Waals surface area contributed by atoms with E-state index >= 15 is 0 Å². The minimum Gasteiger partial charge on any atom is -0.394 e. The Morgan fingerprint density at radius 2 is 1.77 bits per heavy atom. The lowest BCUT2D eigenvalue weighted by molar-refractivity contribution is -0.0556. The van der Waals surface area contributed by atoms with Gasteiger partial charge < -0.3 is 20.1 Å². The van der Waals surface area contributed by atoms with Gasteiger partial charge in [-0.15, -0.1) is 0 Å². The number of aromatic nitrogens is 2. The molecule has 3 N–H and O–H groups in total. The summed E-state index contributed by atoms with van der Waals surface area (Å²) in [5.74, 6) is 0. The fraction of sp³-hybridized carbons (Fsp3) is 0.444. The second-order valence-electron chi connectivity index (χ2n) is 6.46. The van der Waals surface area contributed by atoms with Gasteiger partial charge in [0.2, 0.25) is 0 Å². The highest BCUT2D eigenvalue weighted by molar-refractivity contribution is 5.21. The van der Waals surface area contributed by atoms with Crippen LogP contribution in [-0.4, -0.2) is 49.4 Å². The second-order valence-corrected chi connectivity index (χ2v) is 6.46. The first-order valence-corrected chi connectivity index (χ1v) is 8.42. The summed E-state index contributed by atoms with van der Waals surface area (Å²) in [6, 6.07) is 9.01. The molecule has 0 saturated carbocycles. The summed E-state index contributed by atoms with van der Waals surface area (Å²) < 4.78 is 7.50. The van der Waals surface area contributed by atoms with Gasteiger partial charge in [0, 0.05) is 18.8 Å². The zero-order valence-corrected chi connectivity index (χ0v) is 14.4. The van der Waals surface area contributed by atoms with Crippen LogP contribution < -0.4 is 11.2 Å². The number of benzene rings is 1. The fourth-order valence-electron chi connectivity index (χ4n) is 3.04. The number of hydrogen-bond acceptors (Lipinski definition) is 6. The Hall–Kier alpha value is -2.26. The molecule has 8 nitrogen and oxygen atoms in total. The third-order valence-corrected chi connectivity index (χ3v) is 4.63. The van der Waals surface area contributed by atoms with E-state index in [1.807, 2.05) is 31.2 Å². The van der Waals surface area contributed by atoms with E-state index in [9.17, 15) is 24.9 Å². The predicted octanol–water partition coefficient (Wildman–Crippen LogP) is -0.827. The van der Waals surface area contributed by atoms with Crippen LogP contribution in [0.3, 0.4) is 0 Å². The summed E-state index contributed by atoms with van der Waals surface area (Å²) in [6.07, 6.45) is -3.13. The Balaban J connectivity index is 1.86. The Labute approximate surface area is 149 Å². The highest BCUT2D eigenvalue weighted by atomic mass is 16.6. The van der Waals surface area contributed by atoms with E-state index in [0.717, 1.165) is 20.3 Å². The average Bonchev–Trinajstić information content (AvgIpc) is 2.91. The number of nitrogens with zero attached hydrogens (tertiary/aromatic N) is 2. The van der Waals surface area contributed by atoms with Gasteiger partial charge in [-0.25, -0.2) is 4.79 Å². The van der Waals surface area contributed by atoms with Crippen molar-refractivity contribution in [1.29, 1.82) is 0 Å². The minimum atomic E-state index is -1.38. The van der Waals surface area contributed by atoms with Crippen molar-refractivity contribution in [2.24, 2.45) is 0 Å². The molecule has 0 bridgehead atoms. The molecule has 1 fully saturated rings. The number of rotatable bonds is 5. The van der Waals surface area contributed by atoms with Gasteiger partial charge in [-0.05, 0) is 18.9 Å². The number of aliphatic hydroxyl groups excluding tert-OH is 3. The van der Waals surface area contributed by atoms with Gasteiger partial charge >= 0.3 is 5.69 Å². The van der Waals surface area contributed by atoms with Crippen LogP contribution in [0, 0.1) is 6.92 Å². The van der Waals surface area contributed by atoms with Crippen LogP contribution in [-0.2, 0) is 17.7 Å². The maximum Gasteiger partial charge on any atom is 0.333 e. The molecule has 1 aromatic heterocycles. The first-order chi connectivity index (χ1) is 12.4. The van der Waals surface area contributed by atoms with E-state index in [-0.39, 0.29) is 6.54 Å². The van der Waals surface area contributed by atoms with Crippen molar-refractivity contribution in [3.05, 3.63) is 68.5 Å². The van der Waals surface area contributed by atoms with Crippen LogP contribution in [0.5, 0.6) is 0 Å². The van der Waals surface area contributed by atoms with E-state index in [0.29, 0.717) is 6.42 Å². The highest BCUT2D eigenvalue weighted by Gasteiger charge is 2.43. The van der Waals surface area contributed by atoms with Gasteiger partial charge in [0.1, 0.15) is 18.3 Å². The maximum absolute atomic E-state index is 12.7. The number of aryl methyl sites for hydroxylation is 2. The zero-order chi connectivity index (χ0) is 18.8. The van der Waals surface area contributed by atoms with Crippen molar-refractivity contribution < 1.29 is 20.1 Å². The van der Waals surface area contributed by atoms with E-state index < -0.39 is 42.4 Å². The molecular formula is C18H22N2O6. The summed E-state index contributed by atoms with van der Waals surface area (Å²) >= 11 is 0. The minimum absolute atomic E-state index is 0.177. The first kappa shape index (κ1) is 18.5. The van der Waals surface area contributed by atoms with Crippen molar-refractivity contribution in [2.75, 3.05) is 6.61 Å². The van der Waals surface area contributed by atoms with E-state index in [4.69, 9.17) is 4.74 Å². The molecule has 140 valence electrons. The van der Waals surface area contributed by atoms with E-state index in [2.05, 4.69) is 0 Å². The Morgan fingerprint density at radius 3 is 2.38 bits per heavy atom. The highest BCUT2D eigenvalue weighted by Crippen LogP contribution is 2.27. The van der Waals surface area contributed by atoms with Crippen molar-refractivity contribution in [3.8, 4) is 0 Å². The molecular weight excluding hydrogens is 340 g/mol. The van der Waals surface area contributed by atoms with E-state index in [1.165, 1.54) is 12.3 Å². The SMILES string of the molecule is Cc1ccc(CCn2c(=O)ccn([C@@H]3O[C@H](CO)C(O)C3O)c2=O)cc1. The van der Waals surface area contributed by atoms with Crippen molar-refractivity contribution in [3.63, 3.8) is 0 Å². The molecule has 8 heteroatoms. The molecule has 3 rings (SSSR count). The quantitative estimate of drug-likeness (QED) is 0.640. The van der Waals surface area contributed by atoms with Crippen LogP contribution in [0.15, 0.2) is 46.1 Å². The van der Waals surface area contributed by atoms with Gasteiger partial charge in [-0.1, -0.05) is 29.8 Å². The summed E-state index contributed by atoms with van der Waals surface area (Å²) in [4.78, 5) is 24.8. The summed E-state index contributed by atoms with van der Waals surface area (Å²) in [5.41, 5.74) is 1.02. The number of aliphatic hydroxyl groups is 3. The third kappa shape index (κ3) is 3.49. The second kappa shape index (κ2) is 7.55. The molecule has 2 aromatic rings. The van der Waals surface area contributed by atoms with Crippen molar-refractivity contribution in [2.45, 2.75) is 44.4 Å². The molecule has 0 spiro atoms. The molecule has 26 heavy (non-hydrogen) atoms. The van der Waals surface area contributed by atoms with Crippen LogP contribution in [0.25, 0.3) is 0 Å². The number of ether oxygens (including phenoxy) is 1. The number of hydrogen-bond donors (Lipinski definition) is 3. The van der Waals surface area contributed by atoms with Gasteiger partial charge in [0.25, 0.3) is 5.56 Å². The summed E-state index contributed by atoms with van der Waals surface area (Å²) in [6.45, 7) is 1.66. The molecule has 1 aromatic carbocycles. The lowest BCUT2D eigenvalue weighted by Gasteiger charge is -2.18. The maximum atomic E-state index is 12.7. The predicted molar refractivity (Wildman–Crippen MR) is 92.9 cm³/mol. The summed E-state index contributed by atoms with van der Waals surface area (Å²) in [7, 11) is 0. The topological polar surface area (TPSA) is 114 Å². The summed E-state index contributed by atoms with van der Waals surface area (Å²) in [5, 5.41) is 29.1. The molecule has 2 unspecified atom stereocenters. The van der Waals surface area contributed by atoms with Crippen molar-refractivity contribution in [1.82, 2.24) is 9.13 Å². The Bertz CT molecular complexity index is 872. The fourth-order valence-corrected chi connectivity index (χ4v) is 3.04. The van der Waals surface area contributed by atoms with Gasteiger partial charge in [-0.2, -0.15) is 0 Å². The lowest BCUT2D eigenvalue weighted by Crippen LogP contribution is -2.43. The van der Waals surface area contributed by atoms with Crippen molar-refractivity contribution >= 4 is 0 Å². The average molecular weight is 362 g/mol. The molecule has 0 aliphatic carbocycles. The standard InChI is InChI=1S/C18H22N2O6/c1-11-2-4-12(5-3-11)6-8-19-14(22)7-9-20(18(19)25)17-16(24)15(23)13(10-21)26-17/h2-5,7,9,13,15-17,21,23-24H,6,8,10H2,1H3/t13-,15?,16?,17-/m1/s1. The molecule has 2 heterocycles. The monoisotopic (exact) mass is 362 g/mol.